The van der Waals surface area contributed by atoms with Crippen molar-refractivity contribution in [1.82, 2.24) is 9.46 Å². The number of amides is 1. The van der Waals surface area contributed by atoms with Crippen LogP contribution >= 0.6 is 0 Å². The van der Waals surface area contributed by atoms with Gasteiger partial charge in [0.2, 0.25) is 26.0 Å². The Morgan fingerprint density at radius 1 is 1.08 bits per heavy atom. The van der Waals surface area contributed by atoms with Crippen molar-refractivity contribution in [1.29, 1.82) is 0 Å². The van der Waals surface area contributed by atoms with E-state index in [1.54, 1.807) is 0 Å². The summed E-state index contributed by atoms with van der Waals surface area (Å²) in [5.74, 6) is -2.45. The second-order valence-corrected chi connectivity index (χ2v) is 12.1. The zero-order valence-corrected chi connectivity index (χ0v) is 21.7. The fraction of sp³-hybridized carbons (Fsp3) is 0.250. The van der Waals surface area contributed by atoms with Crippen molar-refractivity contribution in [2.45, 2.75) is 29.6 Å². The maximum Gasteiger partial charge on any atom is 0.248 e. The molecule has 0 aliphatic carbocycles. The molecular formula is C24H24F2N4O6S2. The minimum Gasteiger partial charge on any atom is -0.355 e. The highest BCUT2D eigenvalue weighted by Gasteiger charge is 2.36. The molecule has 1 aromatic heterocycles. The number of carbonyl (C=O) groups is 1. The van der Waals surface area contributed by atoms with Crippen molar-refractivity contribution in [2.24, 2.45) is 11.1 Å². The van der Waals surface area contributed by atoms with Gasteiger partial charge in [0.25, 0.3) is 0 Å². The molecule has 0 saturated carbocycles. The van der Waals surface area contributed by atoms with E-state index in [4.69, 9.17) is 9.66 Å². The number of hydrogen-bond donors (Lipinski definition) is 2. The number of aromatic nitrogens is 1. The van der Waals surface area contributed by atoms with Gasteiger partial charge >= 0.3 is 0 Å². The largest absolute Gasteiger partial charge is 0.355 e. The molecule has 3 aromatic rings. The predicted molar refractivity (Wildman–Crippen MR) is 134 cm³/mol. The number of nitrogens with zero attached hydrogens (tertiary/aromatic N) is 2. The number of rotatable bonds is 7. The fourth-order valence-corrected chi connectivity index (χ4v) is 6.30. The van der Waals surface area contributed by atoms with E-state index in [1.165, 1.54) is 53.7 Å². The number of aryl methyl sites for hydroxylation is 1. The highest BCUT2D eigenvalue weighted by atomic mass is 32.2. The zero-order chi connectivity index (χ0) is 27.7. The maximum absolute atomic E-state index is 14.0. The van der Waals surface area contributed by atoms with Gasteiger partial charge in [-0.15, -0.1) is 0 Å². The maximum atomic E-state index is 14.0. The highest BCUT2D eigenvalue weighted by molar-refractivity contribution is 7.89. The lowest BCUT2D eigenvalue weighted by Gasteiger charge is -2.30. The van der Waals surface area contributed by atoms with Gasteiger partial charge in [0.05, 0.1) is 4.90 Å². The van der Waals surface area contributed by atoms with Crippen LogP contribution in [0.15, 0.2) is 56.8 Å². The number of hydrogen-bond acceptors (Lipinski definition) is 7. The van der Waals surface area contributed by atoms with Crippen molar-refractivity contribution in [2.75, 3.05) is 18.4 Å². The first kappa shape index (κ1) is 27.6. The number of carbonyl (C=O) groups excluding carboxylic acids is 1. The number of nitrogens with one attached hydrogen (secondary N) is 1. The second-order valence-electron chi connectivity index (χ2n) is 8.70. The number of anilines is 1. The first-order valence-electron chi connectivity index (χ1n) is 11.4. The van der Waals surface area contributed by atoms with E-state index >= 15 is 0 Å². The molecule has 0 bridgehead atoms. The van der Waals surface area contributed by atoms with Crippen LogP contribution in [-0.2, 0) is 24.8 Å². The molecule has 4 rings (SSSR count). The van der Waals surface area contributed by atoms with Gasteiger partial charge in [-0.25, -0.2) is 30.8 Å². The Bertz CT molecular complexity index is 1590. The summed E-state index contributed by atoms with van der Waals surface area (Å²) < 4.78 is 83.1. The third-order valence-electron chi connectivity index (χ3n) is 6.08. The number of piperidine rings is 1. The molecule has 2 heterocycles. The summed E-state index contributed by atoms with van der Waals surface area (Å²) in [6, 6.07) is 8.38. The van der Waals surface area contributed by atoms with Crippen LogP contribution in [-0.4, -0.2) is 45.3 Å². The van der Waals surface area contributed by atoms with Crippen molar-refractivity contribution in [3.8, 4) is 0 Å². The number of halogens is 2. The molecule has 10 nitrogen and oxygen atoms in total. The quantitative estimate of drug-likeness (QED) is 0.446. The smallest absolute Gasteiger partial charge is 0.248 e. The number of primary sulfonamides is 1. The third-order valence-corrected chi connectivity index (χ3v) is 9.07. The average Bonchev–Trinajstić information content (AvgIpc) is 3.24. The highest BCUT2D eigenvalue weighted by Crippen LogP contribution is 2.30. The van der Waals surface area contributed by atoms with Gasteiger partial charge in [-0.05, 0) is 68.3 Å². The van der Waals surface area contributed by atoms with Gasteiger partial charge < -0.3 is 9.84 Å². The molecule has 0 radical (unpaired) electrons. The van der Waals surface area contributed by atoms with Gasteiger partial charge in [-0.1, -0.05) is 5.16 Å². The SMILES string of the molecule is Cc1noc(C=Cc2ccc(F)cc2F)c1S(=O)(=O)N1CCC(C(=O)Nc2ccc(S(N)(=O)=O)cc2)CC1. The third kappa shape index (κ3) is 5.99. The monoisotopic (exact) mass is 566 g/mol. The minimum absolute atomic E-state index is 0.0370. The van der Waals surface area contributed by atoms with Crippen LogP contribution in [0.2, 0.25) is 0 Å². The van der Waals surface area contributed by atoms with Crippen LogP contribution in [0.3, 0.4) is 0 Å². The van der Waals surface area contributed by atoms with Crippen molar-refractivity contribution in [3.05, 3.63) is 71.1 Å². The summed E-state index contributed by atoms with van der Waals surface area (Å²) in [4.78, 5) is 12.4. The van der Waals surface area contributed by atoms with E-state index in [2.05, 4.69) is 10.5 Å². The van der Waals surface area contributed by atoms with E-state index in [0.29, 0.717) is 11.8 Å². The topological polar surface area (TPSA) is 153 Å². The summed E-state index contributed by atoms with van der Waals surface area (Å²) in [7, 11) is -7.91. The number of benzene rings is 2. The van der Waals surface area contributed by atoms with E-state index < -0.39 is 37.6 Å². The lowest BCUT2D eigenvalue weighted by Crippen LogP contribution is -2.41. The van der Waals surface area contributed by atoms with Gasteiger partial charge in [0, 0.05) is 36.3 Å². The van der Waals surface area contributed by atoms with E-state index in [1.807, 2.05) is 0 Å². The minimum atomic E-state index is -4.06. The Labute approximate surface area is 218 Å². The molecule has 1 aliphatic rings. The molecule has 0 unspecified atom stereocenters. The van der Waals surface area contributed by atoms with Gasteiger partial charge in [-0.3, -0.25) is 4.79 Å². The van der Waals surface area contributed by atoms with Crippen LogP contribution in [0.25, 0.3) is 12.2 Å². The normalized spacial score (nSPS) is 15.7. The van der Waals surface area contributed by atoms with Crippen LogP contribution in [0.1, 0.15) is 29.9 Å². The molecule has 202 valence electrons. The fourth-order valence-electron chi connectivity index (χ4n) is 4.06. The zero-order valence-electron chi connectivity index (χ0n) is 20.1. The Morgan fingerprint density at radius 2 is 1.74 bits per heavy atom. The molecule has 1 aliphatic heterocycles. The first-order chi connectivity index (χ1) is 17.9. The Balaban J connectivity index is 1.43. The molecule has 0 atom stereocenters. The summed E-state index contributed by atoms with van der Waals surface area (Å²) >= 11 is 0. The molecule has 1 amide bonds. The van der Waals surface area contributed by atoms with Gasteiger partial charge in [0.15, 0.2) is 10.7 Å². The molecule has 0 spiro atoms. The van der Waals surface area contributed by atoms with Gasteiger partial charge in [-0.2, -0.15) is 4.31 Å². The van der Waals surface area contributed by atoms with E-state index in [-0.39, 0.29) is 58.6 Å². The first-order valence-corrected chi connectivity index (χ1v) is 14.4. The van der Waals surface area contributed by atoms with Crippen molar-refractivity contribution >= 4 is 43.8 Å². The molecule has 14 heteroatoms. The van der Waals surface area contributed by atoms with Crippen LogP contribution in [0.4, 0.5) is 14.5 Å². The molecule has 38 heavy (non-hydrogen) atoms. The lowest BCUT2D eigenvalue weighted by atomic mass is 9.97. The Hall–Kier alpha value is -3.46. The van der Waals surface area contributed by atoms with Crippen molar-refractivity contribution in [3.63, 3.8) is 0 Å². The van der Waals surface area contributed by atoms with E-state index in [0.717, 1.165) is 6.07 Å². The van der Waals surface area contributed by atoms with Gasteiger partial charge in [0.1, 0.15) is 17.3 Å². The van der Waals surface area contributed by atoms with E-state index in [9.17, 15) is 30.4 Å². The van der Waals surface area contributed by atoms with Crippen molar-refractivity contribution < 1.29 is 34.9 Å². The summed E-state index contributed by atoms with van der Waals surface area (Å²) in [5.41, 5.74) is 0.536. The summed E-state index contributed by atoms with van der Waals surface area (Å²) in [6.45, 7) is 1.59. The molecule has 2 aromatic carbocycles. The second kappa shape index (κ2) is 10.7. The Morgan fingerprint density at radius 3 is 2.34 bits per heavy atom. The number of nitrogens with two attached hydrogens (primary N) is 1. The Kier molecular flexibility index (Phi) is 7.78. The molecule has 1 saturated heterocycles. The molecule has 3 N–H and O–H groups in total. The van der Waals surface area contributed by atoms with Crippen LogP contribution in [0.5, 0.6) is 0 Å². The molecule has 1 fully saturated rings. The predicted octanol–water partition coefficient (Wildman–Crippen LogP) is 3.12. The standard InChI is InChI=1S/C24H24F2N4O6S2/c1-15-23(22(36-29-15)9-3-16-2-4-18(25)14-21(16)26)38(34,35)30-12-10-17(11-13-30)24(31)28-19-5-7-20(8-6-19)37(27,32)33/h2-9,14,17H,10-13H2,1H3,(H,28,31)(H2,27,32,33). The average molecular weight is 567 g/mol. The molecular weight excluding hydrogens is 542 g/mol. The summed E-state index contributed by atoms with van der Waals surface area (Å²) in [5, 5.41) is 11.5. The lowest BCUT2D eigenvalue weighted by molar-refractivity contribution is -0.120. The number of sulfonamides is 2. The van der Waals surface area contributed by atoms with Crippen LogP contribution in [0, 0.1) is 24.5 Å². The van der Waals surface area contributed by atoms with Crippen LogP contribution < -0.4 is 10.5 Å². The summed E-state index contributed by atoms with van der Waals surface area (Å²) in [6.07, 6.45) is 3.01.